The van der Waals surface area contributed by atoms with E-state index in [1.54, 1.807) is 6.92 Å². The molecule has 1 aromatic rings. The predicted molar refractivity (Wildman–Crippen MR) is 79.8 cm³/mol. The third kappa shape index (κ3) is 6.59. The summed E-state index contributed by atoms with van der Waals surface area (Å²) in [7, 11) is 0. The first kappa shape index (κ1) is 14.4. The van der Waals surface area contributed by atoms with Crippen LogP contribution >= 0.6 is 23.5 Å². The van der Waals surface area contributed by atoms with Crippen LogP contribution in [-0.2, 0) is 11.2 Å². The van der Waals surface area contributed by atoms with E-state index >= 15 is 0 Å². The zero-order chi connectivity index (χ0) is 12.5. The van der Waals surface area contributed by atoms with Crippen molar-refractivity contribution in [1.29, 1.82) is 0 Å². The summed E-state index contributed by atoms with van der Waals surface area (Å²) in [4.78, 5) is 11.3. The molecule has 0 bridgehead atoms. The fourth-order valence-electron chi connectivity index (χ4n) is 1.25. The normalized spacial score (nSPS) is 10.2. The first-order valence-electron chi connectivity index (χ1n) is 5.64. The van der Waals surface area contributed by atoms with E-state index in [-0.39, 0.29) is 5.12 Å². The molecule has 1 rings (SSSR count). The van der Waals surface area contributed by atoms with Gasteiger partial charge in [-0.25, -0.2) is 0 Å². The Kier molecular flexibility index (Phi) is 7.13. The van der Waals surface area contributed by atoms with Crippen molar-refractivity contribution in [3.63, 3.8) is 0 Å². The average Bonchev–Trinajstić information content (AvgIpc) is 2.34. The van der Waals surface area contributed by atoms with Gasteiger partial charge in [-0.3, -0.25) is 4.79 Å². The van der Waals surface area contributed by atoms with E-state index in [4.69, 9.17) is 0 Å². The lowest BCUT2D eigenvalue weighted by atomic mass is 10.2. The maximum atomic E-state index is 11.3. The van der Waals surface area contributed by atoms with Crippen molar-refractivity contribution in [2.24, 2.45) is 0 Å². The van der Waals surface area contributed by atoms with Gasteiger partial charge in [0.05, 0.1) is 0 Å². The average molecular weight is 266 g/mol. The third-order valence-electron chi connectivity index (χ3n) is 2.19. The van der Waals surface area contributed by atoms with E-state index in [0.29, 0.717) is 5.57 Å². The molecule has 1 nitrogen and oxygen atoms in total. The van der Waals surface area contributed by atoms with Gasteiger partial charge in [-0.05, 0) is 30.2 Å². The predicted octanol–water partition coefficient (Wildman–Crippen LogP) is 3.80. The molecule has 17 heavy (non-hydrogen) atoms. The number of carbonyl (C=O) groups excluding carboxylic acids is 1. The first-order valence-corrected chi connectivity index (χ1v) is 7.78. The quantitative estimate of drug-likeness (QED) is 0.552. The molecule has 0 radical (unpaired) electrons. The Morgan fingerprint density at radius 3 is 2.53 bits per heavy atom. The highest BCUT2D eigenvalue weighted by Gasteiger charge is 2.02. The second kappa shape index (κ2) is 8.43. The van der Waals surface area contributed by atoms with Crippen LogP contribution in [0.2, 0.25) is 0 Å². The van der Waals surface area contributed by atoms with E-state index in [2.05, 4.69) is 30.8 Å². The number of thioether (sulfide) groups is 2. The van der Waals surface area contributed by atoms with Gasteiger partial charge in [0, 0.05) is 11.5 Å². The molecule has 0 aromatic heterocycles. The van der Waals surface area contributed by atoms with Gasteiger partial charge in [0.2, 0.25) is 5.12 Å². The molecule has 92 valence electrons. The van der Waals surface area contributed by atoms with Crippen molar-refractivity contribution in [1.82, 2.24) is 0 Å². The molecule has 0 N–H and O–H groups in total. The SMILES string of the molecule is C=C(C)C(=O)SCCSCCc1ccccc1. The highest BCUT2D eigenvalue weighted by molar-refractivity contribution is 8.14. The molecule has 0 unspecified atom stereocenters. The van der Waals surface area contributed by atoms with Gasteiger partial charge < -0.3 is 0 Å². The lowest BCUT2D eigenvalue weighted by Crippen LogP contribution is -1.96. The highest BCUT2D eigenvalue weighted by Crippen LogP contribution is 2.13. The standard InChI is InChI=1S/C14H18OS2/c1-12(2)14(15)17-11-10-16-9-8-13-6-4-3-5-7-13/h3-7H,1,8-11H2,2H3. The Hall–Kier alpha value is -0.670. The van der Waals surface area contributed by atoms with Crippen LogP contribution in [0.25, 0.3) is 0 Å². The minimum Gasteiger partial charge on any atom is -0.282 e. The van der Waals surface area contributed by atoms with Crippen molar-refractivity contribution in [3.8, 4) is 0 Å². The van der Waals surface area contributed by atoms with Gasteiger partial charge in [-0.15, -0.1) is 0 Å². The fourth-order valence-corrected chi connectivity index (χ4v) is 3.07. The Morgan fingerprint density at radius 1 is 1.18 bits per heavy atom. The molecule has 0 aliphatic carbocycles. The molecule has 0 amide bonds. The lowest BCUT2D eigenvalue weighted by molar-refractivity contribution is -0.107. The minimum absolute atomic E-state index is 0.119. The van der Waals surface area contributed by atoms with Crippen LogP contribution in [0.4, 0.5) is 0 Å². The fraction of sp³-hybridized carbons (Fsp3) is 0.357. The Morgan fingerprint density at radius 2 is 1.88 bits per heavy atom. The molecular formula is C14H18OS2. The van der Waals surface area contributed by atoms with E-state index in [9.17, 15) is 4.79 Å². The zero-order valence-corrected chi connectivity index (χ0v) is 11.8. The summed E-state index contributed by atoms with van der Waals surface area (Å²) >= 11 is 3.27. The largest absolute Gasteiger partial charge is 0.282 e. The lowest BCUT2D eigenvalue weighted by Gasteiger charge is -2.02. The van der Waals surface area contributed by atoms with E-state index in [1.165, 1.54) is 17.3 Å². The third-order valence-corrected chi connectivity index (χ3v) is 4.45. The summed E-state index contributed by atoms with van der Waals surface area (Å²) in [5.74, 6) is 3.02. The van der Waals surface area contributed by atoms with Crippen LogP contribution in [0.1, 0.15) is 12.5 Å². The number of hydrogen-bond acceptors (Lipinski definition) is 3. The van der Waals surface area contributed by atoms with Gasteiger partial charge in [-0.2, -0.15) is 11.8 Å². The molecule has 0 heterocycles. The zero-order valence-electron chi connectivity index (χ0n) is 10.1. The van der Waals surface area contributed by atoms with Crippen molar-refractivity contribution in [2.45, 2.75) is 13.3 Å². The molecule has 3 heteroatoms. The Bertz CT molecular complexity index is 360. The summed E-state index contributed by atoms with van der Waals surface area (Å²) in [6.07, 6.45) is 1.10. The highest BCUT2D eigenvalue weighted by atomic mass is 32.2. The maximum absolute atomic E-state index is 11.3. The van der Waals surface area contributed by atoms with Crippen LogP contribution in [0.3, 0.4) is 0 Å². The molecule has 0 fully saturated rings. The molecule has 0 spiro atoms. The van der Waals surface area contributed by atoms with Crippen LogP contribution in [0.15, 0.2) is 42.5 Å². The first-order chi connectivity index (χ1) is 8.20. The number of carbonyl (C=O) groups is 1. The summed E-state index contributed by atoms with van der Waals surface area (Å²) in [6, 6.07) is 10.5. The molecule has 1 aromatic carbocycles. The van der Waals surface area contributed by atoms with Crippen LogP contribution in [0, 0.1) is 0 Å². The topological polar surface area (TPSA) is 17.1 Å². The van der Waals surface area contributed by atoms with Gasteiger partial charge in [0.25, 0.3) is 0 Å². The van der Waals surface area contributed by atoms with Crippen LogP contribution in [0.5, 0.6) is 0 Å². The molecule has 0 atom stereocenters. The Balaban J connectivity index is 2.02. The van der Waals surface area contributed by atoms with Gasteiger partial charge in [0.15, 0.2) is 0 Å². The second-order valence-corrected chi connectivity index (χ2v) is 6.06. The summed E-state index contributed by atoms with van der Waals surface area (Å²) in [5, 5.41) is 0.119. The van der Waals surface area contributed by atoms with Crippen LogP contribution < -0.4 is 0 Å². The molecular weight excluding hydrogens is 248 g/mol. The van der Waals surface area contributed by atoms with E-state index in [1.807, 2.05) is 17.8 Å². The van der Waals surface area contributed by atoms with E-state index in [0.717, 1.165) is 23.7 Å². The number of rotatable bonds is 7. The van der Waals surface area contributed by atoms with E-state index < -0.39 is 0 Å². The van der Waals surface area contributed by atoms with Crippen molar-refractivity contribution >= 4 is 28.6 Å². The molecule has 0 aliphatic heterocycles. The molecule has 0 saturated carbocycles. The minimum atomic E-state index is 0.119. The second-order valence-electron chi connectivity index (χ2n) is 3.76. The number of hydrogen-bond donors (Lipinski definition) is 0. The van der Waals surface area contributed by atoms with Crippen molar-refractivity contribution < 1.29 is 4.79 Å². The number of benzene rings is 1. The summed E-state index contributed by atoms with van der Waals surface area (Å²) in [6.45, 7) is 5.39. The summed E-state index contributed by atoms with van der Waals surface area (Å²) < 4.78 is 0. The number of aryl methyl sites for hydroxylation is 1. The van der Waals surface area contributed by atoms with Gasteiger partial charge in [0.1, 0.15) is 0 Å². The Labute approximate surface area is 112 Å². The van der Waals surface area contributed by atoms with Crippen molar-refractivity contribution in [2.75, 3.05) is 17.3 Å². The molecule has 0 saturated heterocycles. The van der Waals surface area contributed by atoms with Crippen molar-refractivity contribution in [3.05, 3.63) is 48.0 Å². The van der Waals surface area contributed by atoms with Gasteiger partial charge >= 0.3 is 0 Å². The maximum Gasteiger partial charge on any atom is 0.214 e. The van der Waals surface area contributed by atoms with Gasteiger partial charge in [-0.1, -0.05) is 48.7 Å². The summed E-state index contributed by atoms with van der Waals surface area (Å²) in [5.41, 5.74) is 2.02. The van der Waals surface area contributed by atoms with Crippen LogP contribution in [-0.4, -0.2) is 22.4 Å². The molecule has 0 aliphatic rings. The monoisotopic (exact) mass is 266 g/mol. The smallest absolute Gasteiger partial charge is 0.214 e.